The van der Waals surface area contributed by atoms with E-state index < -0.39 is 17.5 Å². The molecule has 0 bridgehead atoms. The van der Waals surface area contributed by atoms with Crippen LogP contribution in [0.15, 0.2) is 55.1 Å². The summed E-state index contributed by atoms with van der Waals surface area (Å²) in [5.74, 6) is -1.60. The van der Waals surface area contributed by atoms with Crippen LogP contribution in [0.2, 0.25) is 0 Å². The molecule has 0 aliphatic carbocycles. The molecule has 10 nitrogen and oxygen atoms in total. The number of hydrogen-bond donors (Lipinski definition) is 2. The Morgan fingerprint density at radius 3 is 2.71 bits per heavy atom. The number of amides is 1. The number of carbonyl (C=O) groups is 2. The Bertz CT molecular complexity index is 1380. The number of pyridine rings is 1. The maximum Gasteiger partial charge on any atom is 0.295 e. The highest BCUT2D eigenvalue weighted by Crippen LogP contribution is 2.26. The van der Waals surface area contributed by atoms with Crippen molar-refractivity contribution in [2.75, 3.05) is 19.6 Å². The number of aromatic amines is 1. The van der Waals surface area contributed by atoms with Crippen molar-refractivity contribution < 1.29 is 14.0 Å². The minimum absolute atomic E-state index is 0.0176. The van der Waals surface area contributed by atoms with Crippen LogP contribution in [0, 0.1) is 11.2 Å². The molecule has 1 aliphatic rings. The third kappa shape index (κ3) is 3.60. The van der Waals surface area contributed by atoms with Gasteiger partial charge in [0.25, 0.3) is 11.7 Å². The maximum atomic E-state index is 14.7. The number of nitrogens with one attached hydrogen (secondary N) is 2. The van der Waals surface area contributed by atoms with Crippen LogP contribution in [0.1, 0.15) is 22.8 Å². The van der Waals surface area contributed by atoms with E-state index in [1.807, 2.05) is 42.2 Å². The lowest BCUT2D eigenvalue weighted by atomic mass is 10.1. The van der Waals surface area contributed by atoms with E-state index in [0.29, 0.717) is 18.9 Å². The Morgan fingerprint density at radius 2 is 2.00 bits per heavy atom. The third-order valence-corrected chi connectivity index (χ3v) is 5.97. The number of amidine groups is 1. The van der Waals surface area contributed by atoms with E-state index in [4.69, 9.17) is 5.41 Å². The molecule has 2 N–H and O–H groups in total. The topological polar surface area (TPSA) is 124 Å². The van der Waals surface area contributed by atoms with Crippen molar-refractivity contribution in [3.8, 4) is 5.82 Å². The quantitative estimate of drug-likeness (QED) is 0.208. The van der Waals surface area contributed by atoms with Gasteiger partial charge in [0.15, 0.2) is 11.6 Å². The molecule has 34 heavy (non-hydrogen) atoms. The first-order valence-electron chi connectivity index (χ1n) is 10.7. The number of H-pyrrole nitrogens is 1. The molecule has 11 heteroatoms. The normalized spacial score (nSPS) is 16.1. The van der Waals surface area contributed by atoms with Crippen LogP contribution in [0.3, 0.4) is 0 Å². The molecule has 172 valence electrons. The highest BCUT2D eigenvalue weighted by molar-refractivity contribution is 6.45. The highest BCUT2D eigenvalue weighted by atomic mass is 19.1. The molecule has 1 amide bonds. The number of aromatic nitrogens is 5. The zero-order chi connectivity index (χ0) is 23.8. The summed E-state index contributed by atoms with van der Waals surface area (Å²) in [7, 11) is 0. The van der Waals surface area contributed by atoms with Crippen molar-refractivity contribution in [2.45, 2.75) is 13.0 Å². The van der Waals surface area contributed by atoms with Crippen molar-refractivity contribution in [3.63, 3.8) is 0 Å². The van der Waals surface area contributed by atoms with E-state index in [0.717, 1.165) is 11.8 Å². The molecule has 0 spiro atoms. The molecule has 5 rings (SSSR count). The van der Waals surface area contributed by atoms with Gasteiger partial charge in [0.2, 0.25) is 0 Å². The first kappa shape index (κ1) is 21.4. The minimum atomic E-state index is -0.806. The number of ketones is 1. The van der Waals surface area contributed by atoms with E-state index in [1.165, 1.54) is 22.0 Å². The smallest absolute Gasteiger partial charge is 0.295 e. The Morgan fingerprint density at radius 1 is 1.21 bits per heavy atom. The SMILES string of the molecule is C[C@@H]1CN(C(=N)c2ccccc2)CCN1C(=O)C(=O)c1c[nH]c2c(-n3ccnn3)ncc(F)c12. The first-order chi connectivity index (χ1) is 16.5. The fourth-order valence-electron chi connectivity index (χ4n) is 4.26. The van der Waals surface area contributed by atoms with Crippen molar-refractivity contribution in [1.29, 1.82) is 5.41 Å². The van der Waals surface area contributed by atoms with Crippen LogP contribution in [-0.2, 0) is 4.79 Å². The molecule has 1 fully saturated rings. The lowest BCUT2D eigenvalue weighted by molar-refractivity contribution is -0.130. The van der Waals surface area contributed by atoms with Crippen LogP contribution in [0.25, 0.3) is 16.7 Å². The summed E-state index contributed by atoms with van der Waals surface area (Å²) < 4.78 is 16.1. The average Bonchev–Trinajstić information content (AvgIpc) is 3.55. The molecule has 4 heterocycles. The van der Waals surface area contributed by atoms with Gasteiger partial charge in [0.05, 0.1) is 35.1 Å². The summed E-state index contributed by atoms with van der Waals surface area (Å²) in [6.07, 6.45) is 5.31. The number of nitrogens with zero attached hydrogens (tertiary/aromatic N) is 6. The van der Waals surface area contributed by atoms with Crippen LogP contribution < -0.4 is 0 Å². The fourth-order valence-corrected chi connectivity index (χ4v) is 4.26. The predicted octanol–water partition coefficient (Wildman–Crippen LogP) is 2.02. The summed E-state index contributed by atoms with van der Waals surface area (Å²) in [4.78, 5) is 36.6. The van der Waals surface area contributed by atoms with E-state index in [2.05, 4.69) is 20.3 Å². The summed E-state index contributed by atoms with van der Waals surface area (Å²) in [6, 6.07) is 9.05. The van der Waals surface area contributed by atoms with E-state index in [-0.39, 0.29) is 34.9 Å². The predicted molar refractivity (Wildman–Crippen MR) is 121 cm³/mol. The van der Waals surface area contributed by atoms with Crippen molar-refractivity contribution >= 4 is 28.4 Å². The van der Waals surface area contributed by atoms with Crippen LogP contribution in [0.5, 0.6) is 0 Å². The van der Waals surface area contributed by atoms with E-state index >= 15 is 0 Å². The second kappa shape index (κ2) is 8.50. The maximum absolute atomic E-state index is 14.7. The number of carbonyl (C=O) groups excluding carboxylic acids is 2. The molecular formula is C23H21FN8O2. The molecule has 1 atom stereocenters. The van der Waals surface area contributed by atoms with Gasteiger partial charge in [-0.25, -0.2) is 14.1 Å². The zero-order valence-corrected chi connectivity index (χ0v) is 18.3. The van der Waals surface area contributed by atoms with Crippen molar-refractivity contribution in [2.24, 2.45) is 0 Å². The second-order valence-corrected chi connectivity index (χ2v) is 8.07. The molecule has 1 saturated heterocycles. The number of rotatable bonds is 4. The average molecular weight is 460 g/mol. The standard InChI is InChI=1S/C23H21FN8O2/c1-14-13-30(21(25)15-5-3-2-4-6-15)9-10-31(14)23(34)20(33)16-11-26-19-18(16)17(24)12-27-22(19)32-8-7-28-29-32/h2-8,11-12,14,25-26H,9-10,13H2,1H3/t14-/m1/s1. The van der Waals surface area contributed by atoms with Gasteiger partial charge in [0, 0.05) is 37.4 Å². The Labute approximate surface area is 193 Å². The van der Waals surface area contributed by atoms with E-state index in [9.17, 15) is 14.0 Å². The molecule has 0 radical (unpaired) electrons. The van der Waals surface area contributed by atoms with Gasteiger partial charge in [0.1, 0.15) is 5.84 Å². The number of piperazine rings is 1. The summed E-state index contributed by atoms with van der Waals surface area (Å²) in [5.41, 5.74) is 0.973. The Balaban J connectivity index is 1.37. The molecular weight excluding hydrogens is 439 g/mol. The molecule has 0 saturated carbocycles. The van der Waals surface area contributed by atoms with Gasteiger partial charge in [-0.15, -0.1) is 5.10 Å². The van der Waals surface area contributed by atoms with Gasteiger partial charge in [-0.3, -0.25) is 15.0 Å². The molecule has 1 aromatic carbocycles. The van der Waals surface area contributed by atoms with Gasteiger partial charge >= 0.3 is 0 Å². The van der Waals surface area contributed by atoms with Gasteiger partial charge in [-0.05, 0) is 6.92 Å². The number of hydrogen-bond acceptors (Lipinski definition) is 6. The van der Waals surface area contributed by atoms with Crippen LogP contribution in [0.4, 0.5) is 4.39 Å². The zero-order valence-electron chi connectivity index (χ0n) is 18.3. The lowest BCUT2D eigenvalue weighted by Crippen LogP contribution is -2.56. The highest BCUT2D eigenvalue weighted by Gasteiger charge is 2.34. The summed E-state index contributed by atoms with van der Waals surface area (Å²) in [6.45, 7) is 2.94. The molecule has 4 aromatic rings. The van der Waals surface area contributed by atoms with Crippen LogP contribution >= 0.6 is 0 Å². The third-order valence-electron chi connectivity index (χ3n) is 5.97. The van der Waals surface area contributed by atoms with Crippen molar-refractivity contribution in [3.05, 3.63) is 72.1 Å². The Kier molecular flexibility index (Phi) is 5.36. The van der Waals surface area contributed by atoms with Crippen LogP contribution in [-0.4, -0.2) is 78.0 Å². The second-order valence-electron chi connectivity index (χ2n) is 8.07. The lowest BCUT2D eigenvalue weighted by Gasteiger charge is -2.40. The fraction of sp³-hybridized carbons (Fsp3) is 0.217. The monoisotopic (exact) mass is 460 g/mol. The van der Waals surface area contributed by atoms with Gasteiger partial charge < -0.3 is 14.8 Å². The largest absolute Gasteiger partial charge is 0.357 e. The molecule has 1 aliphatic heterocycles. The number of halogens is 1. The number of benzene rings is 1. The Hall–Kier alpha value is -4.41. The van der Waals surface area contributed by atoms with Crippen molar-refractivity contribution in [1.82, 2.24) is 34.8 Å². The number of Topliss-reactive ketones (excluding diaryl/α,β-unsaturated/α-hetero) is 1. The summed E-state index contributed by atoms with van der Waals surface area (Å²) in [5, 5.41) is 16.0. The first-order valence-corrected chi connectivity index (χ1v) is 10.7. The molecule has 3 aromatic heterocycles. The van der Waals surface area contributed by atoms with Gasteiger partial charge in [-0.1, -0.05) is 35.5 Å². The van der Waals surface area contributed by atoms with Gasteiger partial charge in [-0.2, -0.15) is 0 Å². The minimum Gasteiger partial charge on any atom is -0.357 e. The molecule has 0 unspecified atom stereocenters. The van der Waals surface area contributed by atoms with E-state index in [1.54, 1.807) is 6.20 Å². The summed E-state index contributed by atoms with van der Waals surface area (Å²) >= 11 is 0. The number of fused-ring (bicyclic) bond motifs is 1.